The van der Waals surface area contributed by atoms with Gasteiger partial charge in [-0.15, -0.1) is 0 Å². The van der Waals surface area contributed by atoms with Crippen molar-refractivity contribution in [2.24, 2.45) is 0 Å². The summed E-state index contributed by atoms with van der Waals surface area (Å²) in [6.07, 6.45) is 1.57. The van der Waals surface area contributed by atoms with Crippen LogP contribution >= 0.6 is 0 Å². The van der Waals surface area contributed by atoms with Crippen LogP contribution in [0.5, 0.6) is 5.75 Å². The molecule has 0 saturated heterocycles. The summed E-state index contributed by atoms with van der Waals surface area (Å²) in [5.74, 6) is -0.259. The van der Waals surface area contributed by atoms with E-state index in [1.165, 1.54) is 25.3 Å². The van der Waals surface area contributed by atoms with E-state index in [1.54, 1.807) is 17.7 Å². The molecule has 0 fully saturated rings. The first-order chi connectivity index (χ1) is 11.9. The lowest BCUT2D eigenvalue weighted by Crippen LogP contribution is -2.27. The number of carbonyl (C=O) groups is 1. The minimum Gasteiger partial charge on any atom is -0.496 e. The third-order valence-corrected chi connectivity index (χ3v) is 4.04. The number of imidazole rings is 1. The zero-order valence-electron chi connectivity index (χ0n) is 14.5. The molecule has 0 saturated carbocycles. The molecule has 1 amide bonds. The molecule has 1 atom stereocenters. The van der Waals surface area contributed by atoms with Gasteiger partial charge in [0.2, 0.25) is 0 Å². The summed E-state index contributed by atoms with van der Waals surface area (Å²) >= 11 is 0. The number of rotatable bonds is 4. The van der Waals surface area contributed by atoms with Gasteiger partial charge in [-0.1, -0.05) is 0 Å². The van der Waals surface area contributed by atoms with Gasteiger partial charge < -0.3 is 10.1 Å². The molecule has 3 aromatic rings. The van der Waals surface area contributed by atoms with E-state index in [1.807, 2.05) is 19.9 Å². The highest BCUT2D eigenvalue weighted by Crippen LogP contribution is 2.26. The summed E-state index contributed by atoms with van der Waals surface area (Å²) in [5.41, 5.74) is 3.02. The number of methoxy groups -OCH3 is 1. The van der Waals surface area contributed by atoms with Crippen LogP contribution < -0.4 is 10.1 Å². The standard InChI is InChI=1S/C18H19FN4O2/c1-10-7-11(2)23-9-20-16(17(23)21-10)18(24)22-12(3)14-8-13(19)5-6-15(14)25-4/h5-9,12H,1-4H3,(H,22,24). The number of aryl methyl sites for hydroxylation is 2. The molecule has 1 unspecified atom stereocenters. The van der Waals surface area contributed by atoms with Crippen LogP contribution in [0.4, 0.5) is 4.39 Å². The van der Waals surface area contributed by atoms with Crippen LogP contribution in [0.25, 0.3) is 5.65 Å². The Morgan fingerprint density at radius 2 is 2.08 bits per heavy atom. The molecule has 0 aliphatic carbocycles. The van der Waals surface area contributed by atoms with Gasteiger partial charge in [0, 0.05) is 17.0 Å². The van der Waals surface area contributed by atoms with Crippen molar-refractivity contribution in [3.63, 3.8) is 0 Å². The van der Waals surface area contributed by atoms with Crippen LogP contribution in [0.2, 0.25) is 0 Å². The van der Waals surface area contributed by atoms with Crippen molar-refractivity contribution >= 4 is 11.6 Å². The fourth-order valence-corrected chi connectivity index (χ4v) is 2.82. The minimum atomic E-state index is -0.458. The van der Waals surface area contributed by atoms with Crippen molar-refractivity contribution in [3.8, 4) is 5.75 Å². The van der Waals surface area contributed by atoms with E-state index in [9.17, 15) is 9.18 Å². The van der Waals surface area contributed by atoms with E-state index >= 15 is 0 Å². The summed E-state index contributed by atoms with van der Waals surface area (Å²) < 4.78 is 20.6. The zero-order chi connectivity index (χ0) is 18.1. The number of ether oxygens (including phenoxy) is 1. The van der Waals surface area contributed by atoms with Gasteiger partial charge in [0.25, 0.3) is 5.91 Å². The number of carbonyl (C=O) groups excluding carboxylic acids is 1. The van der Waals surface area contributed by atoms with Crippen LogP contribution in [0, 0.1) is 19.7 Å². The van der Waals surface area contributed by atoms with Gasteiger partial charge in [-0.05, 0) is 45.0 Å². The highest BCUT2D eigenvalue weighted by atomic mass is 19.1. The van der Waals surface area contributed by atoms with Gasteiger partial charge in [0.05, 0.1) is 13.2 Å². The molecule has 0 radical (unpaired) electrons. The van der Waals surface area contributed by atoms with E-state index in [4.69, 9.17) is 4.74 Å². The normalized spacial score (nSPS) is 12.2. The van der Waals surface area contributed by atoms with Gasteiger partial charge in [-0.25, -0.2) is 14.4 Å². The molecule has 25 heavy (non-hydrogen) atoms. The molecule has 130 valence electrons. The largest absolute Gasteiger partial charge is 0.496 e. The second-order valence-corrected chi connectivity index (χ2v) is 5.91. The van der Waals surface area contributed by atoms with Crippen molar-refractivity contribution in [2.45, 2.75) is 26.8 Å². The average Bonchev–Trinajstić information content (AvgIpc) is 2.98. The Kier molecular flexibility index (Phi) is 4.39. The summed E-state index contributed by atoms with van der Waals surface area (Å²) in [6, 6.07) is 5.65. The third-order valence-electron chi connectivity index (χ3n) is 4.04. The van der Waals surface area contributed by atoms with Crippen molar-refractivity contribution in [3.05, 3.63) is 59.1 Å². The number of nitrogens with zero attached hydrogens (tertiary/aromatic N) is 3. The molecule has 0 aliphatic heterocycles. The van der Waals surface area contributed by atoms with Gasteiger partial charge in [0.15, 0.2) is 11.3 Å². The zero-order valence-corrected chi connectivity index (χ0v) is 14.5. The van der Waals surface area contributed by atoms with Crippen LogP contribution in [0.15, 0.2) is 30.6 Å². The van der Waals surface area contributed by atoms with Crippen molar-refractivity contribution in [2.75, 3.05) is 7.11 Å². The number of hydrogen-bond acceptors (Lipinski definition) is 4. The molecule has 0 spiro atoms. The Hall–Kier alpha value is -2.96. The number of hydrogen-bond donors (Lipinski definition) is 1. The Balaban J connectivity index is 1.91. The number of amides is 1. The predicted octanol–water partition coefficient (Wildman–Crippen LogP) is 2.98. The molecule has 1 aromatic carbocycles. The van der Waals surface area contributed by atoms with Crippen LogP contribution in [-0.2, 0) is 0 Å². The van der Waals surface area contributed by atoms with E-state index < -0.39 is 11.9 Å². The third kappa shape index (κ3) is 3.17. The number of fused-ring (bicyclic) bond motifs is 1. The SMILES string of the molecule is COc1ccc(F)cc1C(C)NC(=O)c1ncn2c(C)cc(C)nc12. The molecule has 6 nitrogen and oxygen atoms in total. The average molecular weight is 342 g/mol. The Labute approximate surface area is 144 Å². The van der Waals surface area contributed by atoms with E-state index in [-0.39, 0.29) is 11.6 Å². The molecule has 7 heteroatoms. The van der Waals surface area contributed by atoms with Crippen molar-refractivity contribution in [1.82, 2.24) is 19.7 Å². The molecule has 0 aliphatic rings. The minimum absolute atomic E-state index is 0.231. The Morgan fingerprint density at radius 3 is 2.80 bits per heavy atom. The smallest absolute Gasteiger partial charge is 0.274 e. The molecule has 1 N–H and O–H groups in total. The molecular formula is C18H19FN4O2. The Bertz CT molecular complexity index is 952. The van der Waals surface area contributed by atoms with Gasteiger partial charge in [0.1, 0.15) is 17.9 Å². The Morgan fingerprint density at radius 1 is 1.32 bits per heavy atom. The lowest BCUT2D eigenvalue weighted by atomic mass is 10.1. The maximum atomic E-state index is 13.6. The maximum absolute atomic E-state index is 13.6. The highest BCUT2D eigenvalue weighted by Gasteiger charge is 2.20. The van der Waals surface area contributed by atoms with Crippen LogP contribution in [0.1, 0.15) is 40.4 Å². The van der Waals surface area contributed by atoms with Crippen LogP contribution in [-0.4, -0.2) is 27.4 Å². The van der Waals surface area contributed by atoms with Crippen molar-refractivity contribution < 1.29 is 13.9 Å². The van der Waals surface area contributed by atoms with Gasteiger partial charge >= 0.3 is 0 Å². The molecule has 0 bridgehead atoms. The first kappa shape index (κ1) is 16.9. The van der Waals surface area contributed by atoms with E-state index in [0.29, 0.717) is 17.0 Å². The molecule has 2 aromatic heterocycles. The fraction of sp³-hybridized carbons (Fsp3) is 0.278. The fourth-order valence-electron chi connectivity index (χ4n) is 2.82. The van der Waals surface area contributed by atoms with Gasteiger partial charge in [-0.3, -0.25) is 9.20 Å². The first-order valence-electron chi connectivity index (χ1n) is 7.86. The second-order valence-electron chi connectivity index (χ2n) is 5.91. The monoisotopic (exact) mass is 342 g/mol. The lowest BCUT2D eigenvalue weighted by molar-refractivity contribution is 0.0936. The number of benzene rings is 1. The summed E-state index contributed by atoms with van der Waals surface area (Å²) in [4.78, 5) is 21.2. The maximum Gasteiger partial charge on any atom is 0.274 e. The summed E-state index contributed by atoms with van der Waals surface area (Å²) in [6.45, 7) is 5.55. The number of halogens is 1. The topological polar surface area (TPSA) is 68.5 Å². The number of nitrogens with one attached hydrogen (secondary N) is 1. The number of aromatic nitrogens is 3. The highest BCUT2D eigenvalue weighted by molar-refractivity contribution is 5.98. The lowest BCUT2D eigenvalue weighted by Gasteiger charge is -2.17. The second kappa shape index (κ2) is 6.51. The van der Waals surface area contributed by atoms with Crippen LogP contribution in [0.3, 0.4) is 0 Å². The molecular weight excluding hydrogens is 323 g/mol. The van der Waals surface area contributed by atoms with Gasteiger partial charge in [-0.2, -0.15) is 0 Å². The van der Waals surface area contributed by atoms with Crippen molar-refractivity contribution in [1.29, 1.82) is 0 Å². The molecule has 2 heterocycles. The summed E-state index contributed by atoms with van der Waals surface area (Å²) in [7, 11) is 1.50. The summed E-state index contributed by atoms with van der Waals surface area (Å²) in [5, 5.41) is 2.83. The van der Waals surface area contributed by atoms with E-state index in [2.05, 4.69) is 15.3 Å². The molecule has 3 rings (SSSR count). The van der Waals surface area contributed by atoms with E-state index in [0.717, 1.165) is 11.4 Å². The predicted molar refractivity (Wildman–Crippen MR) is 91.3 cm³/mol. The quantitative estimate of drug-likeness (QED) is 0.791. The first-order valence-corrected chi connectivity index (χ1v) is 7.86.